The number of likely N-dealkylation sites (tertiary alicyclic amines) is 1. The van der Waals surface area contributed by atoms with E-state index in [2.05, 4.69) is 5.32 Å². The first-order chi connectivity index (χ1) is 10.7. The maximum absolute atomic E-state index is 12.1. The van der Waals surface area contributed by atoms with Crippen LogP contribution in [-0.4, -0.2) is 29.9 Å². The summed E-state index contributed by atoms with van der Waals surface area (Å²) in [5.41, 5.74) is 2.26. The zero-order valence-electron chi connectivity index (χ0n) is 12.3. The average Bonchev–Trinajstić information content (AvgIpc) is 3.13. The second-order valence-electron chi connectivity index (χ2n) is 5.63. The lowest BCUT2D eigenvalue weighted by Crippen LogP contribution is -2.33. The standard InChI is InChI=1S/C17H19ClN2O2/c18-15-3-1-2-13(8-15)4-6-20-11-16(9-17(20)21)19-10-14-5-7-22-12-14/h1-3,5,7-8,12,16,19H,4,6,9-11H2. The largest absolute Gasteiger partial charge is 0.472 e. The normalized spacial score (nSPS) is 18.1. The van der Waals surface area contributed by atoms with Gasteiger partial charge >= 0.3 is 0 Å². The van der Waals surface area contributed by atoms with Gasteiger partial charge in [0.05, 0.1) is 12.5 Å². The number of hydrogen-bond acceptors (Lipinski definition) is 3. The van der Waals surface area contributed by atoms with Crippen molar-refractivity contribution >= 4 is 17.5 Å². The molecule has 2 heterocycles. The molecule has 1 N–H and O–H groups in total. The molecule has 4 nitrogen and oxygen atoms in total. The Morgan fingerprint density at radius 3 is 3.00 bits per heavy atom. The lowest BCUT2D eigenvalue weighted by molar-refractivity contribution is -0.127. The fraction of sp³-hybridized carbons (Fsp3) is 0.353. The van der Waals surface area contributed by atoms with Crippen molar-refractivity contribution in [3.63, 3.8) is 0 Å². The number of nitrogens with one attached hydrogen (secondary N) is 1. The number of carbonyl (C=O) groups excluding carboxylic acids is 1. The van der Waals surface area contributed by atoms with Gasteiger partial charge in [-0.1, -0.05) is 23.7 Å². The van der Waals surface area contributed by atoms with E-state index in [-0.39, 0.29) is 11.9 Å². The van der Waals surface area contributed by atoms with Crippen LogP contribution in [0, 0.1) is 0 Å². The van der Waals surface area contributed by atoms with Gasteiger partial charge in [-0.05, 0) is 30.2 Å². The minimum atomic E-state index is 0.210. The fourth-order valence-electron chi connectivity index (χ4n) is 2.74. The SMILES string of the molecule is O=C1CC(NCc2ccoc2)CN1CCc1cccc(Cl)c1. The highest BCUT2D eigenvalue weighted by atomic mass is 35.5. The van der Waals surface area contributed by atoms with Crippen molar-refractivity contribution in [3.8, 4) is 0 Å². The molecule has 0 aliphatic carbocycles. The molecule has 0 radical (unpaired) electrons. The van der Waals surface area contributed by atoms with Gasteiger partial charge in [-0.15, -0.1) is 0 Å². The third-order valence-corrected chi connectivity index (χ3v) is 4.18. The van der Waals surface area contributed by atoms with Crippen LogP contribution in [0.5, 0.6) is 0 Å². The summed E-state index contributed by atoms with van der Waals surface area (Å²) < 4.78 is 5.04. The molecule has 1 aliphatic rings. The Kier molecular flexibility index (Phi) is 4.80. The summed E-state index contributed by atoms with van der Waals surface area (Å²) in [4.78, 5) is 14.0. The number of furan rings is 1. The van der Waals surface area contributed by atoms with Gasteiger partial charge in [0, 0.05) is 42.7 Å². The van der Waals surface area contributed by atoms with E-state index in [1.807, 2.05) is 35.2 Å². The van der Waals surface area contributed by atoms with Crippen LogP contribution in [0.3, 0.4) is 0 Å². The van der Waals surface area contributed by atoms with Crippen molar-refractivity contribution in [2.24, 2.45) is 0 Å². The summed E-state index contributed by atoms with van der Waals surface area (Å²) in [6, 6.07) is 9.95. The number of nitrogens with zero attached hydrogens (tertiary/aromatic N) is 1. The smallest absolute Gasteiger partial charge is 0.224 e. The first kappa shape index (κ1) is 15.1. The molecule has 116 valence electrons. The molecule has 1 aromatic carbocycles. The van der Waals surface area contributed by atoms with Gasteiger partial charge < -0.3 is 14.6 Å². The summed E-state index contributed by atoms with van der Waals surface area (Å²) in [5.74, 6) is 0.215. The van der Waals surface area contributed by atoms with Gasteiger partial charge in [0.2, 0.25) is 5.91 Å². The van der Waals surface area contributed by atoms with Crippen LogP contribution in [-0.2, 0) is 17.8 Å². The minimum Gasteiger partial charge on any atom is -0.472 e. The molecule has 3 rings (SSSR count). The molecule has 0 spiro atoms. The number of halogens is 1. The topological polar surface area (TPSA) is 45.5 Å². The molecule has 22 heavy (non-hydrogen) atoms. The Bertz CT molecular complexity index is 627. The van der Waals surface area contributed by atoms with Crippen molar-refractivity contribution in [1.29, 1.82) is 0 Å². The van der Waals surface area contributed by atoms with E-state index < -0.39 is 0 Å². The van der Waals surface area contributed by atoms with E-state index in [0.717, 1.165) is 42.2 Å². The van der Waals surface area contributed by atoms with Crippen LogP contribution in [0.15, 0.2) is 47.3 Å². The summed E-state index contributed by atoms with van der Waals surface area (Å²) >= 11 is 5.98. The van der Waals surface area contributed by atoms with E-state index >= 15 is 0 Å². The highest BCUT2D eigenvalue weighted by Crippen LogP contribution is 2.15. The average molecular weight is 319 g/mol. The highest BCUT2D eigenvalue weighted by molar-refractivity contribution is 6.30. The summed E-state index contributed by atoms with van der Waals surface area (Å²) in [6.07, 6.45) is 4.78. The number of rotatable bonds is 6. The van der Waals surface area contributed by atoms with Gasteiger partial charge in [0.1, 0.15) is 0 Å². The molecule has 0 bridgehead atoms. The summed E-state index contributed by atoms with van der Waals surface area (Å²) in [6.45, 7) is 2.23. The van der Waals surface area contributed by atoms with Crippen molar-refractivity contribution in [3.05, 3.63) is 59.0 Å². The van der Waals surface area contributed by atoms with Gasteiger partial charge in [-0.2, -0.15) is 0 Å². The Balaban J connectivity index is 1.47. The second-order valence-corrected chi connectivity index (χ2v) is 6.07. The maximum Gasteiger partial charge on any atom is 0.224 e. The lowest BCUT2D eigenvalue weighted by atomic mass is 10.1. The molecular weight excluding hydrogens is 300 g/mol. The zero-order chi connectivity index (χ0) is 15.4. The van der Waals surface area contributed by atoms with E-state index in [4.69, 9.17) is 16.0 Å². The molecule has 1 fully saturated rings. The number of benzene rings is 1. The molecule has 0 saturated carbocycles. The van der Waals surface area contributed by atoms with Gasteiger partial charge in [-0.3, -0.25) is 4.79 Å². The van der Waals surface area contributed by atoms with Crippen molar-refractivity contribution < 1.29 is 9.21 Å². The summed E-state index contributed by atoms with van der Waals surface area (Å²) in [7, 11) is 0. The van der Waals surface area contributed by atoms with Gasteiger partial charge in [-0.25, -0.2) is 0 Å². The number of amides is 1. The second kappa shape index (κ2) is 6.99. The van der Waals surface area contributed by atoms with Crippen molar-refractivity contribution in [1.82, 2.24) is 10.2 Å². The Morgan fingerprint density at radius 1 is 1.32 bits per heavy atom. The van der Waals surface area contributed by atoms with Crippen molar-refractivity contribution in [2.45, 2.75) is 25.4 Å². The number of hydrogen-bond donors (Lipinski definition) is 1. The molecule has 2 aromatic rings. The van der Waals surface area contributed by atoms with E-state index in [9.17, 15) is 4.79 Å². The van der Waals surface area contributed by atoms with Gasteiger partial charge in [0.25, 0.3) is 0 Å². The van der Waals surface area contributed by atoms with Gasteiger partial charge in [0.15, 0.2) is 0 Å². The Labute approximate surface area is 135 Å². The van der Waals surface area contributed by atoms with Crippen LogP contribution >= 0.6 is 11.6 Å². The lowest BCUT2D eigenvalue weighted by Gasteiger charge is -2.17. The zero-order valence-corrected chi connectivity index (χ0v) is 13.1. The molecule has 1 amide bonds. The van der Waals surface area contributed by atoms with Crippen LogP contribution in [0.1, 0.15) is 17.5 Å². The fourth-order valence-corrected chi connectivity index (χ4v) is 2.95. The van der Waals surface area contributed by atoms with E-state index in [1.165, 1.54) is 0 Å². The van der Waals surface area contributed by atoms with Crippen LogP contribution < -0.4 is 5.32 Å². The molecular formula is C17H19ClN2O2. The highest BCUT2D eigenvalue weighted by Gasteiger charge is 2.28. The Morgan fingerprint density at radius 2 is 2.23 bits per heavy atom. The summed E-state index contributed by atoms with van der Waals surface area (Å²) in [5, 5.41) is 4.15. The first-order valence-corrected chi connectivity index (χ1v) is 7.85. The van der Waals surface area contributed by atoms with Crippen LogP contribution in [0.25, 0.3) is 0 Å². The molecule has 1 atom stereocenters. The third kappa shape index (κ3) is 3.90. The first-order valence-electron chi connectivity index (χ1n) is 7.47. The Hall–Kier alpha value is -1.78. The van der Waals surface area contributed by atoms with Crippen LogP contribution in [0.2, 0.25) is 5.02 Å². The molecule has 5 heteroatoms. The molecule has 1 aromatic heterocycles. The van der Waals surface area contributed by atoms with Crippen LogP contribution in [0.4, 0.5) is 0 Å². The maximum atomic E-state index is 12.1. The quantitative estimate of drug-likeness (QED) is 0.891. The monoisotopic (exact) mass is 318 g/mol. The third-order valence-electron chi connectivity index (χ3n) is 3.95. The predicted molar refractivity (Wildman–Crippen MR) is 85.7 cm³/mol. The van der Waals surface area contributed by atoms with E-state index in [0.29, 0.717) is 6.42 Å². The van der Waals surface area contributed by atoms with E-state index in [1.54, 1.807) is 12.5 Å². The molecule has 1 saturated heterocycles. The number of carbonyl (C=O) groups is 1. The minimum absolute atomic E-state index is 0.210. The molecule has 1 aliphatic heterocycles. The predicted octanol–water partition coefficient (Wildman–Crippen LogP) is 2.87. The molecule has 1 unspecified atom stereocenters. The van der Waals surface area contributed by atoms with Crippen molar-refractivity contribution in [2.75, 3.05) is 13.1 Å².